The second-order valence-corrected chi connectivity index (χ2v) is 7.38. The molecule has 2 saturated heterocycles. The van der Waals surface area contributed by atoms with E-state index in [4.69, 9.17) is 20.3 Å². The summed E-state index contributed by atoms with van der Waals surface area (Å²) in [4.78, 5) is 8.69. The molecule has 2 fully saturated rings. The second-order valence-electron chi connectivity index (χ2n) is 7.38. The van der Waals surface area contributed by atoms with Crippen LogP contribution in [0.1, 0.15) is 25.3 Å². The van der Waals surface area contributed by atoms with Gasteiger partial charge in [0.2, 0.25) is 0 Å². The summed E-state index contributed by atoms with van der Waals surface area (Å²) in [6.45, 7) is 3.35. The van der Waals surface area contributed by atoms with Crippen molar-refractivity contribution in [1.82, 2.24) is 25.1 Å². The van der Waals surface area contributed by atoms with E-state index in [9.17, 15) is 0 Å². The molecule has 0 bridgehead atoms. The maximum Gasteiger partial charge on any atom is 0.164 e. The average Bonchev–Trinajstić information content (AvgIpc) is 3.38. The number of aromatic nitrogens is 4. The van der Waals surface area contributed by atoms with Gasteiger partial charge in [0.1, 0.15) is 29.7 Å². The van der Waals surface area contributed by atoms with Crippen molar-refractivity contribution in [2.24, 2.45) is 0 Å². The van der Waals surface area contributed by atoms with Crippen molar-refractivity contribution in [3.05, 3.63) is 30.6 Å². The first kappa shape index (κ1) is 17.4. The summed E-state index contributed by atoms with van der Waals surface area (Å²) in [6, 6.07) is 8.25. The summed E-state index contributed by atoms with van der Waals surface area (Å²) >= 11 is 0. The van der Waals surface area contributed by atoms with E-state index in [1.807, 2.05) is 28.9 Å². The molecule has 3 N–H and O–H groups in total. The standard InChI is InChI=1S/C20H24N6O2/c21-19-17-18(13-3-5-15(6-4-13)28-16-7-9-27-11-16)25-26(20(17)24-12-23-19)14-2-1-8-22-10-14/h3-6,12,14,16,22H,1-2,7-11H2,(H2,21,23,24). The van der Waals surface area contributed by atoms with Crippen LogP contribution in [0.5, 0.6) is 5.75 Å². The van der Waals surface area contributed by atoms with Crippen LogP contribution in [0.25, 0.3) is 22.3 Å². The summed E-state index contributed by atoms with van der Waals surface area (Å²) in [5.74, 6) is 1.29. The molecule has 0 saturated carbocycles. The first-order chi connectivity index (χ1) is 13.8. The van der Waals surface area contributed by atoms with Crippen molar-refractivity contribution >= 4 is 16.9 Å². The predicted molar refractivity (Wildman–Crippen MR) is 106 cm³/mol. The Kier molecular flexibility index (Phi) is 4.58. The van der Waals surface area contributed by atoms with Gasteiger partial charge < -0.3 is 20.5 Å². The highest BCUT2D eigenvalue weighted by Gasteiger charge is 2.23. The van der Waals surface area contributed by atoms with Gasteiger partial charge >= 0.3 is 0 Å². The van der Waals surface area contributed by atoms with Gasteiger partial charge in [0.15, 0.2) is 5.65 Å². The molecule has 8 heteroatoms. The number of hydrogen-bond acceptors (Lipinski definition) is 7. The number of nitrogen functional groups attached to an aromatic ring is 1. The van der Waals surface area contributed by atoms with Crippen molar-refractivity contribution in [2.75, 3.05) is 32.0 Å². The van der Waals surface area contributed by atoms with Crippen molar-refractivity contribution in [3.8, 4) is 17.0 Å². The molecule has 1 aromatic carbocycles. The van der Waals surface area contributed by atoms with Gasteiger partial charge in [0, 0.05) is 18.5 Å². The smallest absolute Gasteiger partial charge is 0.164 e. The number of nitrogens with zero attached hydrogens (tertiary/aromatic N) is 4. The molecular weight excluding hydrogens is 356 g/mol. The largest absolute Gasteiger partial charge is 0.488 e. The minimum atomic E-state index is 0.133. The van der Waals surface area contributed by atoms with Crippen LogP contribution in [-0.4, -0.2) is 52.2 Å². The quantitative estimate of drug-likeness (QED) is 0.715. The normalized spacial score (nSPS) is 22.6. The molecule has 0 aliphatic carbocycles. The lowest BCUT2D eigenvalue weighted by Crippen LogP contribution is -2.32. The molecule has 8 nitrogen and oxygen atoms in total. The SMILES string of the molecule is Nc1ncnc2c1c(-c1ccc(OC3CCOC3)cc1)nn2C1CCCNC1. The summed E-state index contributed by atoms with van der Waals surface area (Å²) in [5, 5.41) is 9.16. The van der Waals surface area contributed by atoms with E-state index < -0.39 is 0 Å². The van der Waals surface area contributed by atoms with Gasteiger partial charge in [0.05, 0.1) is 24.6 Å². The third-order valence-corrected chi connectivity index (χ3v) is 5.45. The molecule has 2 aromatic heterocycles. The van der Waals surface area contributed by atoms with E-state index in [0.717, 1.165) is 67.0 Å². The fraction of sp³-hybridized carbons (Fsp3) is 0.450. The topological polar surface area (TPSA) is 100 Å². The zero-order chi connectivity index (χ0) is 18.9. The average molecular weight is 380 g/mol. The van der Waals surface area contributed by atoms with Crippen LogP contribution in [0, 0.1) is 0 Å². The number of fused-ring (bicyclic) bond motifs is 1. The lowest BCUT2D eigenvalue weighted by atomic mass is 10.1. The second kappa shape index (κ2) is 7.37. The Bertz CT molecular complexity index is 959. The molecule has 2 unspecified atom stereocenters. The number of anilines is 1. The first-order valence-corrected chi connectivity index (χ1v) is 9.84. The fourth-order valence-electron chi connectivity index (χ4n) is 3.98. The Morgan fingerprint density at radius 2 is 2.07 bits per heavy atom. The van der Waals surface area contributed by atoms with Gasteiger partial charge in [-0.05, 0) is 43.7 Å². The molecule has 2 aliphatic rings. The van der Waals surface area contributed by atoms with Crippen LogP contribution >= 0.6 is 0 Å². The van der Waals surface area contributed by atoms with E-state index in [0.29, 0.717) is 12.4 Å². The molecule has 4 heterocycles. The van der Waals surface area contributed by atoms with E-state index in [1.165, 1.54) is 6.33 Å². The maximum absolute atomic E-state index is 6.22. The van der Waals surface area contributed by atoms with E-state index in [-0.39, 0.29) is 12.1 Å². The van der Waals surface area contributed by atoms with Gasteiger partial charge in [-0.2, -0.15) is 5.10 Å². The minimum absolute atomic E-state index is 0.133. The molecule has 3 aromatic rings. The third kappa shape index (κ3) is 3.18. The van der Waals surface area contributed by atoms with Crippen molar-refractivity contribution in [2.45, 2.75) is 31.4 Å². The number of hydrogen-bond donors (Lipinski definition) is 2. The molecule has 28 heavy (non-hydrogen) atoms. The lowest BCUT2D eigenvalue weighted by molar-refractivity contribution is 0.141. The first-order valence-electron chi connectivity index (χ1n) is 9.84. The van der Waals surface area contributed by atoms with Gasteiger partial charge in [-0.25, -0.2) is 14.6 Å². The van der Waals surface area contributed by atoms with E-state index in [2.05, 4.69) is 15.3 Å². The van der Waals surface area contributed by atoms with Gasteiger partial charge in [-0.1, -0.05) is 0 Å². The van der Waals surface area contributed by atoms with E-state index >= 15 is 0 Å². The molecule has 0 amide bonds. The highest BCUT2D eigenvalue weighted by atomic mass is 16.5. The van der Waals surface area contributed by atoms with Crippen LogP contribution in [0.4, 0.5) is 5.82 Å². The molecule has 0 spiro atoms. The Morgan fingerprint density at radius 3 is 2.82 bits per heavy atom. The minimum Gasteiger partial charge on any atom is -0.488 e. The van der Waals surface area contributed by atoms with Gasteiger partial charge in [-0.3, -0.25) is 0 Å². The summed E-state index contributed by atoms with van der Waals surface area (Å²) in [7, 11) is 0. The van der Waals surface area contributed by atoms with Gasteiger partial charge in [-0.15, -0.1) is 0 Å². The number of piperidine rings is 1. The number of rotatable bonds is 4. The van der Waals surface area contributed by atoms with Gasteiger partial charge in [0.25, 0.3) is 0 Å². The fourth-order valence-corrected chi connectivity index (χ4v) is 3.98. The third-order valence-electron chi connectivity index (χ3n) is 5.45. The maximum atomic E-state index is 6.22. The van der Waals surface area contributed by atoms with Crippen LogP contribution < -0.4 is 15.8 Å². The Hall–Kier alpha value is -2.71. The highest BCUT2D eigenvalue weighted by Crippen LogP contribution is 2.33. The van der Waals surface area contributed by atoms with Crippen molar-refractivity contribution in [3.63, 3.8) is 0 Å². The van der Waals surface area contributed by atoms with Crippen molar-refractivity contribution < 1.29 is 9.47 Å². The Morgan fingerprint density at radius 1 is 1.18 bits per heavy atom. The molecule has 5 rings (SSSR count). The highest BCUT2D eigenvalue weighted by molar-refractivity contribution is 5.98. The van der Waals surface area contributed by atoms with Crippen LogP contribution in [0.3, 0.4) is 0 Å². The number of nitrogens with two attached hydrogens (primary N) is 1. The van der Waals surface area contributed by atoms with E-state index in [1.54, 1.807) is 0 Å². The molecule has 2 atom stereocenters. The number of nitrogens with one attached hydrogen (secondary N) is 1. The molecule has 2 aliphatic heterocycles. The van der Waals surface area contributed by atoms with Crippen LogP contribution in [0.15, 0.2) is 30.6 Å². The van der Waals surface area contributed by atoms with Crippen molar-refractivity contribution in [1.29, 1.82) is 0 Å². The Balaban J connectivity index is 1.51. The van der Waals surface area contributed by atoms with Crippen LogP contribution in [0.2, 0.25) is 0 Å². The molecule has 0 radical (unpaired) electrons. The summed E-state index contributed by atoms with van der Waals surface area (Å²) in [6.07, 6.45) is 4.77. The summed E-state index contributed by atoms with van der Waals surface area (Å²) in [5.41, 5.74) is 8.80. The number of ether oxygens (including phenoxy) is 2. The lowest BCUT2D eigenvalue weighted by Gasteiger charge is -2.23. The summed E-state index contributed by atoms with van der Waals surface area (Å²) < 4.78 is 13.4. The molecule has 146 valence electrons. The predicted octanol–water partition coefficient (Wildman–Crippen LogP) is 2.17. The monoisotopic (exact) mass is 380 g/mol. The number of benzene rings is 1. The zero-order valence-electron chi connectivity index (χ0n) is 15.7. The molecular formula is C20H24N6O2. The van der Waals surface area contributed by atoms with Crippen LogP contribution in [-0.2, 0) is 4.74 Å². The Labute approximate surface area is 163 Å². The zero-order valence-corrected chi connectivity index (χ0v) is 15.7.